The summed E-state index contributed by atoms with van der Waals surface area (Å²) in [6, 6.07) is 29.1. The van der Waals surface area contributed by atoms with Crippen molar-refractivity contribution >= 4 is 17.0 Å². The van der Waals surface area contributed by atoms with Gasteiger partial charge < -0.3 is 9.73 Å². The zero-order valence-electron chi connectivity index (χ0n) is 22.6. The maximum atomic E-state index is 6.26. The van der Waals surface area contributed by atoms with Gasteiger partial charge in [0.15, 0.2) is 11.6 Å². The number of hydrogen-bond donors (Lipinski definition) is 1. The highest BCUT2D eigenvalue weighted by atomic mass is 16.3. The first-order valence-corrected chi connectivity index (χ1v) is 13.4. The van der Waals surface area contributed by atoms with E-state index in [-0.39, 0.29) is 6.04 Å². The summed E-state index contributed by atoms with van der Waals surface area (Å²) in [5, 5.41) is 3.62. The SMILES string of the molecule is CCN(CC)[C@@H](CNc1nc(-c2ccccc2)nc2nc(-c3ccccc3)oc12)c1ccc(C(C)C)cc1. The van der Waals surface area contributed by atoms with Gasteiger partial charge in [-0.1, -0.05) is 100 Å². The lowest BCUT2D eigenvalue weighted by Gasteiger charge is -2.30. The van der Waals surface area contributed by atoms with Gasteiger partial charge in [0.1, 0.15) is 0 Å². The highest BCUT2D eigenvalue weighted by Gasteiger charge is 2.22. The largest absolute Gasteiger partial charge is 0.430 e. The molecule has 0 saturated carbocycles. The van der Waals surface area contributed by atoms with E-state index in [1.165, 1.54) is 11.1 Å². The molecule has 0 radical (unpaired) electrons. The summed E-state index contributed by atoms with van der Waals surface area (Å²) in [7, 11) is 0. The van der Waals surface area contributed by atoms with E-state index >= 15 is 0 Å². The fourth-order valence-electron chi connectivity index (χ4n) is 4.78. The zero-order valence-corrected chi connectivity index (χ0v) is 22.6. The molecule has 0 unspecified atom stereocenters. The maximum Gasteiger partial charge on any atom is 0.229 e. The van der Waals surface area contributed by atoms with Crippen LogP contribution in [0, 0.1) is 0 Å². The second-order valence-electron chi connectivity index (χ2n) is 9.74. The van der Waals surface area contributed by atoms with Crippen LogP contribution in [-0.2, 0) is 0 Å². The van der Waals surface area contributed by atoms with Crippen LogP contribution in [0.5, 0.6) is 0 Å². The monoisotopic (exact) mass is 505 g/mol. The molecule has 2 aromatic heterocycles. The molecule has 1 atom stereocenters. The number of oxazole rings is 1. The Bertz CT molecular complexity index is 1460. The van der Waals surface area contributed by atoms with Crippen molar-refractivity contribution in [2.75, 3.05) is 25.0 Å². The maximum absolute atomic E-state index is 6.26. The first-order valence-electron chi connectivity index (χ1n) is 13.4. The van der Waals surface area contributed by atoms with Crippen LogP contribution in [0.4, 0.5) is 5.82 Å². The molecule has 38 heavy (non-hydrogen) atoms. The normalized spacial score (nSPS) is 12.4. The highest BCUT2D eigenvalue weighted by Crippen LogP contribution is 2.31. The molecule has 0 aliphatic carbocycles. The number of aromatic nitrogens is 3. The molecule has 194 valence electrons. The van der Waals surface area contributed by atoms with Crippen LogP contribution in [0.2, 0.25) is 0 Å². The van der Waals surface area contributed by atoms with Gasteiger partial charge in [0.05, 0.1) is 6.04 Å². The molecule has 0 saturated heterocycles. The average molecular weight is 506 g/mol. The number of rotatable bonds is 10. The van der Waals surface area contributed by atoms with Gasteiger partial charge in [0, 0.05) is 17.7 Å². The minimum absolute atomic E-state index is 0.174. The van der Waals surface area contributed by atoms with Crippen molar-refractivity contribution in [3.8, 4) is 22.8 Å². The number of likely N-dealkylation sites (N-methyl/N-ethyl adjacent to an activating group) is 1. The van der Waals surface area contributed by atoms with Crippen molar-refractivity contribution in [2.45, 2.75) is 39.7 Å². The van der Waals surface area contributed by atoms with Crippen LogP contribution in [-0.4, -0.2) is 39.5 Å². The van der Waals surface area contributed by atoms with Crippen molar-refractivity contribution in [3.63, 3.8) is 0 Å². The molecule has 5 rings (SSSR count). The molecule has 0 amide bonds. The van der Waals surface area contributed by atoms with Crippen LogP contribution >= 0.6 is 0 Å². The Hall–Kier alpha value is -4.03. The Morgan fingerprint density at radius 2 is 1.34 bits per heavy atom. The smallest absolute Gasteiger partial charge is 0.229 e. The number of benzene rings is 3. The summed E-state index contributed by atoms with van der Waals surface area (Å²) in [5.41, 5.74) is 5.58. The first kappa shape index (κ1) is 25.6. The Balaban J connectivity index is 1.53. The van der Waals surface area contributed by atoms with E-state index in [2.05, 4.69) is 62.2 Å². The average Bonchev–Trinajstić information content (AvgIpc) is 3.41. The zero-order chi connectivity index (χ0) is 26.5. The van der Waals surface area contributed by atoms with Crippen molar-refractivity contribution in [2.24, 2.45) is 0 Å². The molecule has 5 aromatic rings. The van der Waals surface area contributed by atoms with Crippen molar-refractivity contribution in [1.82, 2.24) is 19.9 Å². The van der Waals surface area contributed by atoms with Crippen LogP contribution in [0.3, 0.4) is 0 Å². The van der Waals surface area contributed by atoms with Crippen LogP contribution in [0.1, 0.15) is 50.8 Å². The predicted octanol–water partition coefficient (Wildman–Crippen LogP) is 7.57. The van der Waals surface area contributed by atoms with Crippen molar-refractivity contribution in [1.29, 1.82) is 0 Å². The highest BCUT2D eigenvalue weighted by molar-refractivity contribution is 5.85. The molecule has 3 aromatic carbocycles. The molecule has 0 aliphatic heterocycles. The van der Waals surface area contributed by atoms with Gasteiger partial charge in [-0.3, -0.25) is 4.90 Å². The van der Waals surface area contributed by atoms with Gasteiger partial charge in [-0.25, -0.2) is 9.97 Å². The third-order valence-corrected chi connectivity index (χ3v) is 7.01. The molecule has 1 N–H and O–H groups in total. The van der Waals surface area contributed by atoms with Gasteiger partial charge >= 0.3 is 0 Å². The number of nitrogens with zero attached hydrogens (tertiary/aromatic N) is 4. The quantitative estimate of drug-likeness (QED) is 0.211. The lowest BCUT2D eigenvalue weighted by atomic mass is 9.98. The van der Waals surface area contributed by atoms with Gasteiger partial charge in [-0.2, -0.15) is 4.98 Å². The molecule has 6 nitrogen and oxygen atoms in total. The Morgan fingerprint density at radius 1 is 0.737 bits per heavy atom. The Labute approximate surface area is 224 Å². The second-order valence-corrected chi connectivity index (χ2v) is 9.74. The first-order chi connectivity index (χ1) is 18.6. The molecule has 0 spiro atoms. The summed E-state index contributed by atoms with van der Waals surface area (Å²) >= 11 is 0. The third-order valence-electron chi connectivity index (χ3n) is 7.01. The van der Waals surface area contributed by atoms with Gasteiger partial charge in [0.2, 0.25) is 17.1 Å². The summed E-state index contributed by atoms with van der Waals surface area (Å²) in [6.45, 7) is 11.4. The lowest BCUT2D eigenvalue weighted by molar-refractivity contribution is 0.228. The van der Waals surface area contributed by atoms with Gasteiger partial charge in [0.25, 0.3) is 0 Å². The van der Waals surface area contributed by atoms with Crippen LogP contribution in [0.25, 0.3) is 34.1 Å². The summed E-state index contributed by atoms with van der Waals surface area (Å²) in [5.74, 6) is 2.31. The standard InChI is InChI=1S/C32H35N5O/c1-5-37(6-2)27(24-19-17-23(18-20-24)22(3)4)21-33-30-28-31(35-29(34-30)25-13-9-7-10-14-25)36-32(38-28)26-15-11-8-12-16-26/h7-20,22,27H,5-6,21H2,1-4H3,(H,33,34,35)/t27-/m0/s1. The lowest BCUT2D eigenvalue weighted by Crippen LogP contribution is -2.33. The fourth-order valence-corrected chi connectivity index (χ4v) is 4.78. The van der Waals surface area contributed by atoms with Gasteiger partial charge in [-0.05, 0) is 42.3 Å². The van der Waals surface area contributed by atoms with Crippen molar-refractivity contribution in [3.05, 3.63) is 96.1 Å². The van der Waals surface area contributed by atoms with E-state index in [1.807, 2.05) is 60.7 Å². The van der Waals surface area contributed by atoms with E-state index in [4.69, 9.17) is 19.4 Å². The summed E-state index contributed by atoms with van der Waals surface area (Å²) in [4.78, 5) is 16.9. The van der Waals surface area contributed by atoms with Gasteiger partial charge in [-0.15, -0.1) is 0 Å². The molecule has 0 fully saturated rings. The molecular weight excluding hydrogens is 470 g/mol. The Morgan fingerprint density at radius 3 is 1.95 bits per heavy atom. The van der Waals surface area contributed by atoms with E-state index < -0.39 is 0 Å². The topological polar surface area (TPSA) is 67.1 Å². The second kappa shape index (κ2) is 11.6. The predicted molar refractivity (Wildman–Crippen MR) is 155 cm³/mol. The number of hydrogen-bond acceptors (Lipinski definition) is 6. The number of anilines is 1. The summed E-state index contributed by atoms with van der Waals surface area (Å²) in [6.07, 6.45) is 0. The number of nitrogens with one attached hydrogen (secondary N) is 1. The third kappa shape index (κ3) is 5.46. The Kier molecular flexibility index (Phi) is 7.80. The molecule has 0 bridgehead atoms. The molecule has 0 aliphatic rings. The fraction of sp³-hybridized carbons (Fsp3) is 0.281. The number of fused-ring (bicyclic) bond motifs is 1. The van der Waals surface area contributed by atoms with Crippen LogP contribution < -0.4 is 5.32 Å². The molecule has 2 heterocycles. The minimum Gasteiger partial charge on any atom is -0.430 e. The molecule has 6 heteroatoms. The van der Waals surface area contributed by atoms with E-state index in [0.717, 1.165) is 24.2 Å². The van der Waals surface area contributed by atoms with E-state index in [9.17, 15) is 0 Å². The van der Waals surface area contributed by atoms with E-state index in [0.29, 0.717) is 41.2 Å². The van der Waals surface area contributed by atoms with Crippen molar-refractivity contribution < 1.29 is 4.42 Å². The summed E-state index contributed by atoms with van der Waals surface area (Å²) < 4.78 is 6.26. The van der Waals surface area contributed by atoms with Crippen LogP contribution in [0.15, 0.2) is 89.3 Å². The molecular formula is C32H35N5O. The minimum atomic E-state index is 0.174. The van der Waals surface area contributed by atoms with E-state index in [1.54, 1.807) is 0 Å².